The maximum absolute atomic E-state index is 2.35. The molecular formula is C20H22. The van der Waals surface area contributed by atoms with E-state index in [-0.39, 0.29) is 0 Å². The maximum atomic E-state index is 2.35. The van der Waals surface area contributed by atoms with E-state index in [1.165, 1.54) is 45.5 Å². The second-order valence-corrected chi connectivity index (χ2v) is 6.04. The van der Waals surface area contributed by atoms with Crippen molar-refractivity contribution in [2.45, 2.75) is 39.5 Å². The summed E-state index contributed by atoms with van der Waals surface area (Å²) in [6.07, 6.45) is 2.37. The van der Waals surface area contributed by atoms with Crippen LogP contribution in [0.2, 0.25) is 0 Å². The summed E-state index contributed by atoms with van der Waals surface area (Å²) < 4.78 is 0. The Morgan fingerprint density at radius 3 is 2.10 bits per heavy atom. The van der Waals surface area contributed by atoms with Crippen molar-refractivity contribution >= 4 is 21.5 Å². The van der Waals surface area contributed by atoms with Gasteiger partial charge in [0.25, 0.3) is 0 Å². The lowest BCUT2D eigenvalue weighted by Gasteiger charge is -2.09. The average Bonchev–Trinajstić information content (AvgIpc) is 2.44. The van der Waals surface area contributed by atoms with E-state index < -0.39 is 0 Å². The third kappa shape index (κ3) is 2.43. The van der Waals surface area contributed by atoms with Crippen molar-refractivity contribution < 1.29 is 0 Å². The number of hydrogen-bond acceptors (Lipinski definition) is 0. The van der Waals surface area contributed by atoms with Crippen LogP contribution in [-0.2, 0) is 6.42 Å². The molecule has 0 saturated carbocycles. The molecule has 0 bridgehead atoms. The first kappa shape index (κ1) is 13.2. The SMILES string of the molecule is CCCc1ccc2cc3ccc(C(C)C)cc3cc2c1. The van der Waals surface area contributed by atoms with Crippen molar-refractivity contribution in [1.82, 2.24) is 0 Å². The van der Waals surface area contributed by atoms with Gasteiger partial charge < -0.3 is 0 Å². The van der Waals surface area contributed by atoms with E-state index in [0.29, 0.717) is 5.92 Å². The molecule has 3 aromatic carbocycles. The lowest BCUT2D eigenvalue weighted by atomic mass is 9.96. The Balaban J connectivity index is 2.19. The Bertz CT molecular complexity index is 750. The Labute approximate surface area is 121 Å². The third-order valence-corrected chi connectivity index (χ3v) is 4.09. The van der Waals surface area contributed by atoms with Gasteiger partial charge in [0.15, 0.2) is 0 Å². The van der Waals surface area contributed by atoms with Crippen LogP contribution >= 0.6 is 0 Å². The highest BCUT2D eigenvalue weighted by atomic mass is 14.1. The van der Waals surface area contributed by atoms with Gasteiger partial charge in [-0.3, -0.25) is 0 Å². The Morgan fingerprint density at radius 2 is 1.40 bits per heavy atom. The lowest BCUT2D eigenvalue weighted by Crippen LogP contribution is -1.87. The molecule has 0 nitrogen and oxygen atoms in total. The predicted octanol–water partition coefficient (Wildman–Crippen LogP) is 6.07. The molecule has 0 heterocycles. The van der Waals surface area contributed by atoms with Crippen LogP contribution in [0.5, 0.6) is 0 Å². The van der Waals surface area contributed by atoms with E-state index in [1.807, 2.05) is 0 Å². The molecule has 0 amide bonds. The van der Waals surface area contributed by atoms with Gasteiger partial charge in [0, 0.05) is 0 Å². The van der Waals surface area contributed by atoms with Crippen LogP contribution in [0.1, 0.15) is 44.2 Å². The molecule has 0 aliphatic rings. The molecule has 0 saturated heterocycles. The minimum atomic E-state index is 0.585. The van der Waals surface area contributed by atoms with E-state index in [4.69, 9.17) is 0 Å². The van der Waals surface area contributed by atoms with Crippen LogP contribution in [0.4, 0.5) is 0 Å². The van der Waals surface area contributed by atoms with Crippen molar-refractivity contribution in [3.8, 4) is 0 Å². The summed E-state index contributed by atoms with van der Waals surface area (Å²) in [5.41, 5.74) is 2.86. The Hall–Kier alpha value is -1.82. The van der Waals surface area contributed by atoms with Crippen LogP contribution in [-0.4, -0.2) is 0 Å². The standard InChI is InChI=1S/C20H22/c1-4-5-15-6-7-17-12-18-9-8-16(14(2)3)11-20(18)13-19(17)10-15/h6-14H,4-5H2,1-3H3. The minimum Gasteiger partial charge on any atom is -0.0651 e. The maximum Gasteiger partial charge on any atom is -0.0175 e. The van der Waals surface area contributed by atoms with Gasteiger partial charge in [-0.25, -0.2) is 0 Å². The number of rotatable bonds is 3. The zero-order valence-corrected chi connectivity index (χ0v) is 12.6. The molecule has 0 heteroatoms. The molecule has 0 aromatic heterocycles. The van der Waals surface area contributed by atoms with Gasteiger partial charge in [-0.05, 0) is 57.1 Å². The molecule has 3 rings (SSSR count). The lowest BCUT2D eigenvalue weighted by molar-refractivity contribution is 0.869. The fourth-order valence-corrected chi connectivity index (χ4v) is 2.87. The smallest absolute Gasteiger partial charge is 0.0175 e. The minimum absolute atomic E-state index is 0.585. The Morgan fingerprint density at radius 1 is 0.750 bits per heavy atom. The van der Waals surface area contributed by atoms with Crippen molar-refractivity contribution in [1.29, 1.82) is 0 Å². The zero-order chi connectivity index (χ0) is 14.1. The van der Waals surface area contributed by atoms with E-state index in [9.17, 15) is 0 Å². The Kier molecular flexibility index (Phi) is 3.48. The van der Waals surface area contributed by atoms with Crippen LogP contribution in [0.3, 0.4) is 0 Å². The number of hydrogen-bond donors (Lipinski definition) is 0. The van der Waals surface area contributed by atoms with Gasteiger partial charge >= 0.3 is 0 Å². The number of aryl methyl sites for hydroxylation is 1. The zero-order valence-electron chi connectivity index (χ0n) is 12.6. The highest BCUT2D eigenvalue weighted by molar-refractivity contribution is 5.98. The van der Waals surface area contributed by atoms with Gasteiger partial charge in [0.2, 0.25) is 0 Å². The largest absolute Gasteiger partial charge is 0.0651 e. The molecule has 102 valence electrons. The fraction of sp³-hybridized carbons (Fsp3) is 0.300. The van der Waals surface area contributed by atoms with Crippen LogP contribution in [0.15, 0.2) is 48.5 Å². The predicted molar refractivity (Wildman–Crippen MR) is 89.5 cm³/mol. The van der Waals surface area contributed by atoms with Gasteiger partial charge in [-0.15, -0.1) is 0 Å². The van der Waals surface area contributed by atoms with Gasteiger partial charge in [-0.1, -0.05) is 63.6 Å². The van der Waals surface area contributed by atoms with E-state index in [0.717, 1.165) is 0 Å². The van der Waals surface area contributed by atoms with Crippen molar-refractivity contribution in [2.75, 3.05) is 0 Å². The second kappa shape index (κ2) is 5.28. The first-order chi connectivity index (χ1) is 9.67. The summed E-state index contributed by atoms with van der Waals surface area (Å²) in [4.78, 5) is 0. The van der Waals surface area contributed by atoms with Crippen LogP contribution in [0.25, 0.3) is 21.5 Å². The van der Waals surface area contributed by atoms with Gasteiger partial charge in [0.05, 0.1) is 0 Å². The molecular weight excluding hydrogens is 240 g/mol. The van der Waals surface area contributed by atoms with Crippen LogP contribution in [0, 0.1) is 0 Å². The normalized spacial score (nSPS) is 11.6. The van der Waals surface area contributed by atoms with E-state index >= 15 is 0 Å². The quantitative estimate of drug-likeness (QED) is 0.502. The summed E-state index contributed by atoms with van der Waals surface area (Å²) in [6, 6.07) is 18.4. The van der Waals surface area contributed by atoms with E-state index in [1.54, 1.807) is 0 Å². The topological polar surface area (TPSA) is 0 Å². The molecule has 0 fully saturated rings. The van der Waals surface area contributed by atoms with Crippen molar-refractivity contribution in [3.05, 3.63) is 59.7 Å². The second-order valence-electron chi connectivity index (χ2n) is 6.04. The van der Waals surface area contributed by atoms with Gasteiger partial charge in [-0.2, -0.15) is 0 Å². The molecule has 3 aromatic rings. The summed E-state index contributed by atoms with van der Waals surface area (Å²) >= 11 is 0. The van der Waals surface area contributed by atoms with Crippen molar-refractivity contribution in [3.63, 3.8) is 0 Å². The van der Waals surface area contributed by atoms with Crippen LogP contribution < -0.4 is 0 Å². The number of fused-ring (bicyclic) bond motifs is 2. The first-order valence-electron chi connectivity index (χ1n) is 7.63. The molecule has 20 heavy (non-hydrogen) atoms. The molecule has 0 aliphatic carbocycles. The molecule has 0 spiro atoms. The molecule has 0 radical (unpaired) electrons. The van der Waals surface area contributed by atoms with Crippen molar-refractivity contribution in [2.24, 2.45) is 0 Å². The molecule has 0 aliphatic heterocycles. The highest BCUT2D eigenvalue weighted by Crippen LogP contribution is 2.27. The summed E-state index contributed by atoms with van der Waals surface area (Å²) in [5.74, 6) is 0.585. The summed E-state index contributed by atoms with van der Waals surface area (Å²) in [6.45, 7) is 6.74. The summed E-state index contributed by atoms with van der Waals surface area (Å²) in [7, 11) is 0. The third-order valence-electron chi connectivity index (χ3n) is 4.09. The van der Waals surface area contributed by atoms with E-state index in [2.05, 4.69) is 69.3 Å². The van der Waals surface area contributed by atoms with Gasteiger partial charge in [0.1, 0.15) is 0 Å². The molecule has 0 N–H and O–H groups in total. The fourth-order valence-electron chi connectivity index (χ4n) is 2.87. The molecule has 0 atom stereocenters. The summed E-state index contributed by atoms with van der Waals surface area (Å²) in [5, 5.41) is 5.40. The first-order valence-corrected chi connectivity index (χ1v) is 7.63. The average molecular weight is 262 g/mol. The molecule has 0 unspecified atom stereocenters. The number of benzene rings is 3. The highest BCUT2D eigenvalue weighted by Gasteiger charge is 2.03. The monoisotopic (exact) mass is 262 g/mol.